The minimum atomic E-state index is 0.281. The molecule has 0 aromatic carbocycles. The largest absolute Gasteiger partial charge is 0.329 e. The second kappa shape index (κ2) is 4.84. The van der Waals surface area contributed by atoms with Crippen LogP contribution in [0.4, 0.5) is 0 Å². The summed E-state index contributed by atoms with van der Waals surface area (Å²) in [6, 6.07) is 0. The van der Waals surface area contributed by atoms with Gasteiger partial charge in [-0.1, -0.05) is 32.6 Å². The average molecular weight is 210 g/mol. The second-order valence-corrected chi connectivity index (χ2v) is 5.67. The standard InChI is InChI=1S/C13H26N2/c1-11-4-3-8-13(11,10-14)15-9-7-12-5-2-6-12/h11-12,15H,2-10,14H2,1H3. The van der Waals surface area contributed by atoms with Gasteiger partial charge >= 0.3 is 0 Å². The van der Waals surface area contributed by atoms with E-state index in [2.05, 4.69) is 12.2 Å². The summed E-state index contributed by atoms with van der Waals surface area (Å²) in [6.45, 7) is 4.36. The molecule has 2 fully saturated rings. The van der Waals surface area contributed by atoms with Gasteiger partial charge in [-0.25, -0.2) is 0 Å². The van der Waals surface area contributed by atoms with Gasteiger partial charge in [0.05, 0.1) is 0 Å². The van der Waals surface area contributed by atoms with Crippen molar-refractivity contribution < 1.29 is 0 Å². The summed E-state index contributed by atoms with van der Waals surface area (Å²) in [7, 11) is 0. The molecule has 0 aromatic heterocycles. The maximum Gasteiger partial charge on any atom is 0.0329 e. The third kappa shape index (κ3) is 2.36. The van der Waals surface area contributed by atoms with E-state index in [1.54, 1.807) is 0 Å². The van der Waals surface area contributed by atoms with Gasteiger partial charge in [-0.05, 0) is 37.6 Å². The van der Waals surface area contributed by atoms with Crippen LogP contribution in [0.25, 0.3) is 0 Å². The normalized spacial score (nSPS) is 36.8. The first-order chi connectivity index (χ1) is 7.27. The molecule has 2 aliphatic rings. The van der Waals surface area contributed by atoms with Crippen molar-refractivity contribution in [3.05, 3.63) is 0 Å². The predicted octanol–water partition coefficient (Wildman–Crippen LogP) is 2.28. The highest BCUT2D eigenvalue weighted by atomic mass is 15.0. The molecular formula is C13H26N2. The Kier molecular flexibility index (Phi) is 3.68. The number of rotatable bonds is 5. The molecular weight excluding hydrogens is 184 g/mol. The van der Waals surface area contributed by atoms with E-state index >= 15 is 0 Å². The number of nitrogens with one attached hydrogen (secondary N) is 1. The zero-order valence-electron chi connectivity index (χ0n) is 10.1. The van der Waals surface area contributed by atoms with Crippen LogP contribution in [-0.4, -0.2) is 18.6 Å². The monoisotopic (exact) mass is 210 g/mol. The van der Waals surface area contributed by atoms with E-state index in [1.165, 1.54) is 51.5 Å². The molecule has 15 heavy (non-hydrogen) atoms. The molecule has 2 aliphatic carbocycles. The fourth-order valence-electron chi connectivity index (χ4n) is 3.19. The lowest BCUT2D eigenvalue weighted by Crippen LogP contribution is -2.53. The maximum absolute atomic E-state index is 5.96. The van der Waals surface area contributed by atoms with E-state index in [1.807, 2.05) is 0 Å². The van der Waals surface area contributed by atoms with E-state index in [9.17, 15) is 0 Å². The first-order valence-corrected chi connectivity index (χ1v) is 6.72. The summed E-state index contributed by atoms with van der Waals surface area (Å²) in [5, 5.41) is 3.77. The van der Waals surface area contributed by atoms with Crippen molar-refractivity contribution in [3.63, 3.8) is 0 Å². The first-order valence-electron chi connectivity index (χ1n) is 6.72. The molecule has 0 bridgehead atoms. The van der Waals surface area contributed by atoms with Crippen molar-refractivity contribution >= 4 is 0 Å². The third-order valence-electron chi connectivity index (χ3n) is 4.82. The highest BCUT2D eigenvalue weighted by molar-refractivity contribution is 4.98. The number of hydrogen-bond donors (Lipinski definition) is 2. The van der Waals surface area contributed by atoms with Gasteiger partial charge in [-0.2, -0.15) is 0 Å². The molecule has 2 nitrogen and oxygen atoms in total. The van der Waals surface area contributed by atoms with Crippen molar-refractivity contribution in [2.45, 2.75) is 57.4 Å². The Hall–Kier alpha value is -0.0800. The molecule has 3 N–H and O–H groups in total. The molecule has 88 valence electrons. The van der Waals surface area contributed by atoms with Crippen LogP contribution in [-0.2, 0) is 0 Å². The minimum Gasteiger partial charge on any atom is -0.329 e. The van der Waals surface area contributed by atoms with E-state index in [-0.39, 0.29) is 5.54 Å². The smallest absolute Gasteiger partial charge is 0.0329 e. The Balaban J connectivity index is 1.74. The van der Waals surface area contributed by atoms with Gasteiger partial charge in [0.2, 0.25) is 0 Å². The highest BCUT2D eigenvalue weighted by Gasteiger charge is 2.38. The SMILES string of the molecule is CC1CCCC1(CN)NCCC1CCC1. The van der Waals surface area contributed by atoms with Crippen molar-refractivity contribution in [2.24, 2.45) is 17.6 Å². The molecule has 2 saturated carbocycles. The zero-order valence-corrected chi connectivity index (χ0v) is 10.1. The average Bonchev–Trinajstić information content (AvgIpc) is 2.53. The molecule has 0 saturated heterocycles. The molecule has 0 spiro atoms. The van der Waals surface area contributed by atoms with Crippen LogP contribution >= 0.6 is 0 Å². The van der Waals surface area contributed by atoms with E-state index < -0.39 is 0 Å². The summed E-state index contributed by atoms with van der Waals surface area (Å²) in [5.41, 5.74) is 6.24. The molecule has 2 unspecified atom stereocenters. The molecule has 0 aliphatic heterocycles. The predicted molar refractivity (Wildman–Crippen MR) is 64.8 cm³/mol. The zero-order chi connectivity index (χ0) is 10.7. The molecule has 2 atom stereocenters. The fourth-order valence-corrected chi connectivity index (χ4v) is 3.19. The van der Waals surface area contributed by atoms with Crippen LogP contribution in [0, 0.1) is 11.8 Å². The number of hydrogen-bond acceptors (Lipinski definition) is 2. The third-order valence-corrected chi connectivity index (χ3v) is 4.82. The fraction of sp³-hybridized carbons (Fsp3) is 1.00. The lowest BCUT2D eigenvalue weighted by molar-refractivity contribution is 0.235. The summed E-state index contributed by atoms with van der Waals surface area (Å²) < 4.78 is 0. The van der Waals surface area contributed by atoms with Gasteiger partial charge in [-0.3, -0.25) is 0 Å². The molecule has 2 rings (SSSR count). The quantitative estimate of drug-likeness (QED) is 0.730. The van der Waals surface area contributed by atoms with Crippen LogP contribution < -0.4 is 11.1 Å². The van der Waals surface area contributed by atoms with Gasteiger partial charge in [0, 0.05) is 12.1 Å². The molecule has 0 amide bonds. The Labute approximate surface area is 94.0 Å². The first kappa shape index (κ1) is 11.4. The van der Waals surface area contributed by atoms with Crippen molar-refractivity contribution in [1.82, 2.24) is 5.32 Å². The van der Waals surface area contributed by atoms with Crippen LogP contribution in [0.1, 0.15) is 51.9 Å². The molecule has 0 heterocycles. The van der Waals surface area contributed by atoms with E-state index in [0.29, 0.717) is 0 Å². The van der Waals surface area contributed by atoms with Gasteiger partial charge < -0.3 is 11.1 Å². The summed E-state index contributed by atoms with van der Waals surface area (Å²) in [6.07, 6.45) is 9.76. The lowest BCUT2D eigenvalue weighted by atomic mass is 9.82. The number of nitrogens with two attached hydrogens (primary N) is 1. The molecule has 2 heteroatoms. The topological polar surface area (TPSA) is 38.0 Å². The minimum absolute atomic E-state index is 0.281. The highest BCUT2D eigenvalue weighted by Crippen LogP contribution is 2.35. The summed E-state index contributed by atoms with van der Waals surface area (Å²) in [4.78, 5) is 0. The van der Waals surface area contributed by atoms with Crippen LogP contribution in [0.3, 0.4) is 0 Å². The van der Waals surface area contributed by atoms with E-state index in [0.717, 1.165) is 18.4 Å². The van der Waals surface area contributed by atoms with Crippen molar-refractivity contribution in [3.8, 4) is 0 Å². The Bertz CT molecular complexity index is 201. The van der Waals surface area contributed by atoms with Crippen molar-refractivity contribution in [2.75, 3.05) is 13.1 Å². The Morgan fingerprint density at radius 2 is 2.07 bits per heavy atom. The molecule has 0 radical (unpaired) electrons. The lowest BCUT2D eigenvalue weighted by Gasteiger charge is -2.35. The summed E-state index contributed by atoms with van der Waals surface area (Å²) in [5.74, 6) is 1.79. The van der Waals surface area contributed by atoms with E-state index in [4.69, 9.17) is 5.73 Å². The Morgan fingerprint density at radius 3 is 2.53 bits per heavy atom. The maximum atomic E-state index is 5.96. The molecule has 0 aromatic rings. The van der Waals surface area contributed by atoms with Crippen LogP contribution in [0.5, 0.6) is 0 Å². The van der Waals surface area contributed by atoms with Crippen LogP contribution in [0.15, 0.2) is 0 Å². The summed E-state index contributed by atoms with van der Waals surface area (Å²) >= 11 is 0. The Morgan fingerprint density at radius 1 is 1.27 bits per heavy atom. The van der Waals surface area contributed by atoms with Crippen molar-refractivity contribution in [1.29, 1.82) is 0 Å². The van der Waals surface area contributed by atoms with Gasteiger partial charge in [0.1, 0.15) is 0 Å². The van der Waals surface area contributed by atoms with Crippen LogP contribution in [0.2, 0.25) is 0 Å². The second-order valence-electron chi connectivity index (χ2n) is 5.67. The van der Waals surface area contributed by atoms with Gasteiger partial charge in [-0.15, -0.1) is 0 Å². The van der Waals surface area contributed by atoms with Gasteiger partial charge in [0.25, 0.3) is 0 Å². The van der Waals surface area contributed by atoms with Gasteiger partial charge in [0.15, 0.2) is 0 Å².